The Balaban J connectivity index is 2.74. The molecule has 1 heterocycles. The van der Waals surface area contributed by atoms with Crippen molar-refractivity contribution in [2.45, 2.75) is 0 Å². The van der Waals surface area contributed by atoms with E-state index < -0.39 is 0 Å². The van der Waals surface area contributed by atoms with Crippen LogP contribution in [-0.2, 0) is 0 Å². The topological polar surface area (TPSA) is 50.9 Å². The van der Waals surface area contributed by atoms with Gasteiger partial charge < -0.3 is 11.1 Å². The van der Waals surface area contributed by atoms with Gasteiger partial charge in [-0.1, -0.05) is 30.4 Å². The third kappa shape index (κ3) is 1.76. The van der Waals surface area contributed by atoms with Gasteiger partial charge in [0, 0.05) is 12.4 Å². The third-order valence-electron chi connectivity index (χ3n) is 2.23. The first-order chi connectivity index (χ1) is 7.22. The standard InChI is InChI=1S/C11H11N3S/c1-13-11-8(10(12)15)6-7-4-2-3-5-9(7)14-11/h2-6H,1H3,(H2,12,15)(H,13,14). The van der Waals surface area contributed by atoms with Crippen molar-refractivity contribution in [2.24, 2.45) is 5.73 Å². The number of para-hydroxylation sites is 1. The summed E-state index contributed by atoms with van der Waals surface area (Å²) in [7, 11) is 1.80. The first-order valence-electron chi connectivity index (χ1n) is 4.59. The lowest BCUT2D eigenvalue weighted by atomic mass is 10.1. The monoisotopic (exact) mass is 217 g/mol. The van der Waals surface area contributed by atoms with Crippen LogP contribution in [0.4, 0.5) is 5.82 Å². The van der Waals surface area contributed by atoms with Crippen molar-refractivity contribution < 1.29 is 0 Å². The van der Waals surface area contributed by atoms with Crippen molar-refractivity contribution in [1.29, 1.82) is 0 Å². The lowest BCUT2D eigenvalue weighted by Gasteiger charge is -2.08. The summed E-state index contributed by atoms with van der Waals surface area (Å²) in [6, 6.07) is 9.82. The molecular formula is C11H11N3S. The van der Waals surface area contributed by atoms with Gasteiger partial charge in [0.2, 0.25) is 0 Å². The molecule has 0 aliphatic carbocycles. The fourth-order valence-corrected chi connectivity index (χ4v) is 1.65. The molecule has 0 amide bonds. The Morgan fingerprint density at radius 2 is 2.13 bits per heavy atom. The van der Waals surface area contributed by atoms with Gasteiger partial charge in [-0.05, 0) is 12.1 Å². The molecule has 0 radical (unpaired) electrons. The fourth-order valence-electron chi connectivity index (χ4n) is 1.49. The molecule has 0 saturated heterocycles. The molecule has 0 saturated carbocycles. The molecule has 76 valence electrons. The first-order valence-corrected chi connectivity index (χ1v) is 5.00. The predicted molar refractivity (Wildman–Crippen MR) is 67.2 cm³/mol. The number of nitrogens with zero attached hydrogens (tertiary/aromatic N) is 1. The van der Waals surface area contributed by atoms with E-state index >= 15 is 0 Å². The zero-order valence-corrected chi connectivity index (χ0v) is 9.14. The molecule has 0 bridgehead atoms. The summed E-state index contributed by atoms with van der Waals surface area (Å²) in [6.45, 7) is 0. The Morgan fingerprint density at radius 1 is 1.40 bits per heavy atom. The number of pyridine rings is 1. The van der Waals surface area contributed by atoms with E-state index in [-0.39, 0.29) is 0 Å². The van der Waals surface area contributed by atoms with Crippen LogP contribution < -0.4 is 11.1 Å². The molecule has 0 fully saturated rings. The van der Waals surface area contributed by atoms with Crippen LogP contribution in [-0.4, -0.2) is 17.0 Å². The number of thiocarbonyl (C=S) groups is 1. The highest BCUT2D eigenvalue weighted by molar-refractivity contribution is 7.80. The van der Waals surface area contributed by atoms with Crippen molar-refractivity contribution >= 4 is 33.9 Å². The minimum Gasteiger partial charge on any atom is -0.389 e. The van der Waals surface area contributed by atoms with Gasteiger partial charge in [-0.15, -0.1) is 0 Å². The molecule has 1 aromatic heterocycles. The van der Waals surface area contributed by atoms with Gasteiger partial charge in [-0.2, -0.15) is 0 Å². The second-order valence-electron chi connectivity index (χ2n) is 3.19. The van der Waals surface area contributed by atoms with Crippen LogP contribution in [0.5, 0.6) is 0 Å². The second kappa shape index (κ2) is 3.82. The van der Waals surface area contributed by atoms with Crippen LogP contribution in [0, 0.1) is 0 Å². The first kappa shape index (κ1) is 9.86. The quantitative estimate of drug-likeness (QED) is 0.754. The van der Waals surface area contributed by atoms with E-state index in [2.05, 4.69) is 10.3 Å². The van der Waals surface area contributed by atoms with E-state index in [9.17, 15) is 0 Å². The predicted octanol–water partition coefficient (Wildman–Crippen LogP) is 1.91. The number of fused-ring (bicyclic) bond motifs is 1. The average molecular weight is 217 g/mol. The van der Waals surface area contributed by atoms with Crippen molar-refractivity contribution in [3.8, 4) is 0 Å². The summed E-state index contributed by atoms with van der Waals surface area (Å²) < 4.78 is 0. The number of aromatic nitrogens is 1. The Labute approximate surface area is 93.3 Å². The van der Waals surface area contributed by atoms with E-state index in [0.29, 0.717) is 4.99 Å². The molecule has 0 spiro atoms. The molecule has 0 aliphatic heterocycles. The molecule has 2 aromatic rings. The molecular weight excluding hydrogens is 206 g/mol. The maximum atomic E-state index is 5.63. The largest absolute Gasteiger partial charge is 0.389 e. The summed E-state index contributed by atoms with van der Waals surface area (Å²) in [5.74, 6) is 0.723. The maximum Gasteiger partial charge on any atom is 0.136 e. The summed E-state index contributed by atoms with van der Waals surface area (Å²) >= 11 is 4.98. The highest BCUT2D eigenvalue weighted by Crippen LogP contribution is 2.19. The third-order valence-corrected chi connectivity index (χ3v) is 2.45. The van der Waals surface area contributed by atoms with Gasteiger partial charge in [-0.25, -0.2) is 4.98 Å². The van der Waals surface area contributed by atoms with Gasteiger partial charge in [0.25, 0.3) is 0 Å². The number of hydrogen-bond donors (Lipinski definition) is 2. The van der Waals surface area contributed by atoms with Crippen LogP contribution in [0.2, 0.25) is 0 Å². The minimum atomic E-state index is 0.359. The number of anilines is 1. The number of rotatable bonds is 2. The smallest absolute Gasteiger partial charge is 0.136 e. The zero-order valence-electron chi connectivity index (χ0n) is 8.32. The van der Waals surface area contributed by atoms with Crippen molar-refractivity contribution in [3.63, 3.8) is 0 Å². The Bertz CT molecular complexity index is 522. The summed E-state index contributed by atoms with van der Waals surface area (Å²) in [5, 5.41) is 4.03. The lowest BCUT2D eigenvalue weighted by Crippen LogP contribution is -2.13. The molecule has 3 N–H and O–H groups in total. The molecule has 0 unspecified atom stereocenters. The van der Waals surface area contributed by atoms with Crippen LogP contribution in [0.25, 0.3) is 10.9 Å². The minimum absolute atomic E-state index is 0.359. The molecule has 4 heteroatoms. The van der Waals surface area contributed by atoms with Crippen molar-refractivity contribution in [2.75, 3.05) is 12.4 Å². The van der Waals surface area contributed by atoms with Gasteiger partial charge in [0.1, 0.15) is 10.8 Å². The second-order valence-corrected chi connectivity index (χ2v) is 3.63. The van der Waals surface area contributed by atoms with Crippen LogP contribution >= 0.6 is 12.2 Å². The van der Waals surface area contributed by atoms with Gasteiger partial charge in [0.05, 0.1) is 11.1 Å². The lowest BCUT2D eigenvalue weighted by molar-refractivity contribution is 1.33. The highest BCUT2D eigenvalue weighted by Gasteiger charge is 2.07. The van der Waals surface area contributed by atoms with Gasteiger partial charge in [0.15, 0.2) is 0 Å². The zero-order chi connectivity index (χ0) is 10.8. The summed E-state index contributed by atoms with van der Waals surface area (Å²) in [5.41, 5.74) is 7.35. The number of nitrogens with one attached hydrogen (secondary N) is 1. The fraction of sp³-hybridized carbons (Fsp3) is 0.0909. The van der Waals surface area contributed by atoms with E-state index in [1.165, 1.54) is 0 Å². The molecule has 2 rings (SSSR count). The molecule has 0 atom stereocenters. The van der Waals surface area contributed by atoms with E-state index in [4.69, 9.17) is 18.0 Å². The molecule has 15 heavy (non-hydrogen) atoms. The van der Waals surface area contributed by atoms with E-state index in [1.807, 2.05) is 30.3 Å². The number of nitrogens with two attached hydrogens (primary N) is 1. The van der Waals surface area contributed by atoms with E-state index in [1.54, 1.807) is 7.05 Å². The summed E-state index contributed by atoms with van der Waals surface area (Å²) in [4.78, 5) is 4.80. The maximum absolute atomic E-state index is 5.63. The number of hydrogen-bond acceptors (Lipinski definition) is 3. The molecule has 1 aromatic carbocycles. The normalized spacial score (nSPS) is 10.2. The van der Waals surface area contributed by atoms with Crippen LogP contribution in [0.15, 0.2) is 30.3 Å². The van der Waals surface area contributed by atoms with Gasteiger partial charge >= 0.3 is 0 Å². The highest BCUT2D eigenvalue weighted by atomic mass is 32.1. The van der Waals surface area contributed by atoms with Crippen molar-refractivity contribution in [1.82, 2.24) is 4.98 Å². The molecule has 3 nitrogen and oxygen atoms in total. The Hall–Kier alpha value is -1.68. The Morgan fingerprint density at radius 3 is 2.80 bits per heavy atom. The van der Waals surface area contributed by atoms with Crippen LogP contribution in [0.1, 0.15) is 5.56 Å². The van der Waals surface area contributed by atoms with E-state index in [0.717, 1.165) is 22.3 Å². The van der Waals surface area contributed by atoms with Crippen molar-refractivity contribution in [3.05, 3.63) is 35.9 Å². The van der Waals surface area contributed by atoms with Crippen LogP contribution in [0.3, 0.4) is 0 Å². The summed E-state index contributed by atoms with van der Waals surface area (Å²) in [6.07, 6.45) is 0. The number of benzene rings is 1. The SMILES string of the molecule is CNc1nc2ccccc2cc1C(N)=S. The molecule has 0 aliphatic rings. The Kier molecular flexibility index (Phi) is 2.51. The van der Waals surface area contributed by atoms with Gasteiger partial charge in [-0.3, -0.25) is 0 Å². The average Bonchev–Trinajstić information content (AvgIpc) is 2.27.